The number of nitrogens with two attached hydrogens (primary N) is 1. The molecule has 0 bridgehead atoms. The number of anilines is 1. The summed E-state index contributed by atoms with van der Waals surface area (Å²) in [5.41, 5.74) is 6.23. The zero-order valence-corrected chi connectivity index (χ0v) is 12.5. The first-order valence-corrected chi connectivity index (χ1v) is 7.93. The average molecular weight is 324 g/mol. The molecule has 0 amide bonds. The largest absolute Gasteiger partial charge is 0.480 e. The summed E-state index contributed by atoms with van der Waals surface area (Å²) in [4.78, 5) is 11.0. The Balaban J connectivity index is 2.55. The second-order valence-electron chi connectivity index (χ2n) is 4.88. The van der Waals surface area contributed by atoms with Gasteiger partial charge in [0, 0.05) is 16.5 Å². The highest BCUT2D eigenvalue weighted by Gasteiger charge is 2.30. The van der Waals surface area contributed by atoms with Crippen LogP contribution in [0.2, 0.25) is 0 Å². The lowest BCUT2D eigenvalue weighted by Crippen LogP contribution is -2.47. The maximum atomic E-state index is 12.5. The maximum Gasteiger partial charge on any atom is 0.324 e. The molecule has 118 valence electrons. The third-order valence-corrected chi connectivity index (χ3v) is 4.74. The fraction of sp³-hybridized carbons (Fsp3) is 0.214. The molecule has 2 aromatic carbocycles. The van der Waals surface area contributed by atoms with Crippen molar-refractivity contribution in [1.29, 1.82) is 0 Å². The number of nitrogens with one attached hydrogen (secondary N) is 1. The quantitative estimate of drug-likeness (QED) is 0.594. The Morgan fingerprint density at radius 3 is 2.32 bits per heavy atom. The second-order valence-corrected chi connectivity index (χ2v) is 6.56. The molecule has 5 N–H and O–H groups in total. The first kappa shape index (κ1) is 16.2. The average Bonchev–Trinajstić information content (AvgIpc) is 2.44. The molecule has 0 aliphatic rings. The number of nitrogen functional groups attached to an aromatic ring is 1. The van der Waals surface area contributed by atoms with Crippen molar-refractivity contribution >= 4 is 32.5 Å². The van der Waals surface area contributed by atoms with E-state index >= 15 is 0 Å². The lowest BCUT2D eigenvalue weighted by Gasteiger charge is -2.18. The first-order chi connectivity index (χ1) is 10.2. The third kappa shape index (κ3) is 3.03. The number of aliphatic carboxylic acids is 1. The van der Waals surface area contributed by atoms with Gasteiger partial charge in [-0.1, -0.05) is 24.3 Å². The number of hydrogen-bond donors (Lipinski definition) is 4. The Bertz CT molecular complexity index is 817. The van der Waals surface area contributed by atoms with Crippen LogP contribution in [0.25, 0.3) is 10.8 Å². The van der Waals surface area contributed by atoms with Crippen LogP contribution in [0.3, 0.4) is 0 Å². The van der Waals surface area contributed by atoms with Gasteiger partial charge in [-0.2, -0.15) is 4.72 Å². The predicted molar refractivity (Wildman–Crippen MR) is 81.8 cm³/mol. The highest BCUT2D eigenvalue weighted by molar-refractivity contribution is 7.89. The zero-order chi connectivity index (χ0) is 16.5. The van der Waals surface area contributed by atoms with Crippen molar-refractivity contribution in [2.45, 2.75) is 24.0 Å². The number of benzene rings is 2. The van der Waals surface area contributed by atoms with Gasteiger partial charge in [0.25, 0.3) is 0 Å². The standard InChI is InChI=1S/C14H16N2O5S/c1-8(17)13(14(18)19)16-22(20,21)12-7-6-11(15)9-4-2-3-5-10(9)12/h2-8,13,16-17H,15H2,1H3,(H,18,19). The fourth-order valence-electron chi connectivity index (χ4n) is 2.11. The van der Waals surface area contributed by atoms with Crippen molar-refractivity contribution in [2.75, 3.05) is 5.73 Å². The van der Waals surface area contributed by atoms with E-state index in [9.17, 15) is 18.3 Å². The lowest BCUT2D eigenvalue weighted by molar-refractivity contribution is -0.141. The number of fused-ring (bicyclic) bond motifs is 1. The van der Waals surface area contributed by atoms with E-state index in [-0.39, 0.29) is 4.90 Å². The molecule has 0 radical (unpaired) electrons. The van der Waals surface area contributed by atoms with Gasteiger partial charge in [0.05, 0.1) is 11.0 Å². The molecular formula is C14H16N2O5S. The maximum absolute atomic E-state index is 12.5. The third-order valence-electron chi connectivity index (χ3n) is 3.24. The summed E-state index contributed by atoms with van der Waals surface area (Å²) >= 11 is 0. The topological polar surface area (TPSA) is 130 Å². The monoisotopic (exact) mass is 324 g/mol. The number of aliphatic hydroxyl groups is 1. The van der Waals surface area contributed by atoms with Crippen molar-refractivity contribution in [3.8, 4) is 0 Å². The number of carboxylic acid groups (broad SMARTS) is 1. The number of carbonyl (C=O) groups is 1. The second kappa shape index (κ2) is 5.91. The zero-order valence-electron chi connectivity index (χ0n) is 11.7. The van der Waals surface area contributed by atoms with Crippen LogP contribution in [0.5, 0.6) is 0 Å². The van der Waals surface area contributed by atoms with Gasteiger partial charge in [0.1, 0.15) is 6.04 Å². The van der Waals surface area contributed by atoms with Crippen molar-refractivity contribution in [2.24, 2.45) is 0 Å². The molecule has 0 saturated carbocycles. The van der Waals surface area contributed by atoms with Crippen LogP contribution < -0.4 is 10.5 Å². The minimum atomic E-state index is -4.14. The summed E-state index contributed by atoms with van der Waals surface area (Å²) in [7, 11) is -4.14. The van der Waals surface area contributed by atoms with Crippen LogP contribution in [0.1, 0.15) is 6.92 Å². The summed E-state index contributed by atoms with van der Waals surface area (Å²) in [5, 5.41) is 19.4. The van der Waals surface area contributed by atoms with Gasteiger partial charge in [-0.25, -0.2) is 8.42 Å². The van der Waals surface area contributed by atoms with Crippen LogP contribution in [-0.4, -0.2) is 36.7 Å². The molecule has 7 nitrogen and oxygen atoms in total. The van der Waals surface area contributed by atoms with Crippen molar-refractivity contribution in [3.05, 3.63) is 36.4 Å². The molecule has 0 fully saturated rings. The van der Waals surface area contributed by atoms with E-state index in [0.717, 1.165) is 0 Å². The molecule has 0 spiro atoms. The van der Waals surface area contributed by atoms with E-state index in [1.165, 1.54) is 19.1 Å². The van der Waals surface area contributed by atoms with Gasteiger partial charge >= 0.3 is 5.97 Å². The van der Waals surface area contributed by atoms with Crippen LogP contribution in [0, 0.1) is 0 Å². The normalized spacial score (nSPS) is 14.6. The summed E-state index contributed by atoms with van der Waals surface area (Å²) in [5.74, 6) is -1.46. The predicted octanol–water partition coefficient (Wildman–Crippen LogP) is 0.534. The highest BCUT2D eigenvalue weighted by atomic mass is 32.2. The molecule has 0 aliphatic heterocycles. The molecule has 2 atom stereocenters. The smallest absolute Gasteiger partial charge is 0.324 e. The molecule has 0 aromatic heterocycles. The van der Waals surface area contributed by atoms with Crippen molar-refractivity contribution in [1.82, 2.24) is 4.72 Å². The van der Waals surface area contributed by atoms with Crippen LogP contribution >= 0.6 is 0 Å². The van der Waals surface area contributed by atoms with Gasteiger partial charge in [-0.15, -0.1) is 0 Å². The summed E-state index contributed by atoms with van der Waals surface area (Å²) in [6, 6.07) is 7.74. The number of rotatable bonds is 5. The lowest BCUT2D eigenvalue weighted by atomic mass is 10.1. The number of sulfonamides is 1. The van der Waals surface area contributed by atoms with E-state index < -0.39 is 28.1 Å². The molecule has 22 heavy (non-hydrogen) atoms. The minimum absolute atomic E-state index is 0.0933. The molecule has 0 heterocycles. The molecule has 2 unspecified atom stereocenters. The van der Waals surface area contributed by atoms with Crippen LogP contribution in [0.4, 0.5) is 5.69 Å². The molecule has 8 heteroatoms. The summed E-state index contributed by atoms with van der Waals surface area (Å²) in [6.07, 6.45) is -1.38. The minimum Gasteiger partial charge on any atom is -0.480 e. The van der Waals surface area contributed by atoms with Crippen molar-refractivity contribution < 1.29 is 23.4 Å². The van der Waals surface area contributed by atoms with Gasteiger partial charge in [-0.05, 0) is 19.1 Å². The van der Waals surface area contributed by atoms with E-state index in [1.54, 1.807) is 24.3 Å². The Hall–Kier alpha value is -2.16. The Morgan fingerprint density at radius 1 is 1.18 bits per heavy atom. The fourth-order valence-corrected chi connectivity index (χ4v) is 3.59. The first-order valence-electron chi connectivity index (χ1n) is 6.44. The molecule has 2 rings (SSSR count). The van der Waals surface area contributed by atoms with Gasteiger partial charge in [0.15, 0.2) is 0 Å². The van der Waals surface area contributed by atoms with Crippen LogP contribution in [0.15, 0.2) is 41.3 Å². The van der Waals surface area contributed by atoms with E-state index in [0.29, 0.717) is 16.5 Å². The van der Waals surface area contributed by atoms with Crippen molar-refractivity contribution in [3.63, 3.8) is 0 Å². The van der Waals surface area contributed by atoms with Gasteiger partial charge < -0.3 is 15.9 Å². The SMILES string of the molecule is CC(O)C(NS(=O)(=O)c1ccc(N)c2ccccc12)C(=O)O. The number of carboxylic acids is 1. The summed E-state index contributed by atoms with van der Waals surface area (Å²) in [6.45, 7) is 1.20. The Kier molecular flexibility index (Phi) is 4.36. The van der Waals surface area contributed by atoms with Crippen LogP contribution in [-0.2, 0) is 14.8 Å². The van der Waals surface area contributed by atoms with E-state index in [1.807, 2.05) is 4.72 Å². The molecule has 0 aliphatic carbocycles. The van der Waals surface area contributed by atoms with E-state index in [2.05, 4.69) is 0 Å². The Labute approximate surface area is 127 Å². The molecular weight excluding hydrogens is 308 g/mol. The van der Waals surface area contributed by atoms with E-state index in [4.69, 9.17) is 10.8 Å². The number of aliphatic hydroxyl groups excluding tert-OH is 1. The molecule has 0 saturated heterocycles. The molecule has 2 aromatic rings. The Morgan fingerprint density at radius 2 is 1.77 bits per heavy atom. The summed E-state index contributed by atoms with van der Waals surface area (Å²) < 4.78 is 26.9. The highest BCUT2D eigenvalue weighted by Crippen LogP contribution is 2.27. The van der Waals surface area contributed by atoms with Gasteiger partial charge in [-0.3, -0.25) is 4.79 Å². The number of hydrogen-bond acceptors (Lipinski definition) is 5. The van der Waals surface area contributed by atoms with Gasteiger partial charge in [0.2, 0.25) is 10.0 Å².